The van der Waals surface area contributed by atoms with E-state index < -0.39 is 11.8 Å². The first-order chi connectivity index (χ1) is 11.5. The maximum absolute atomic E-state index is 12.7. The molecule has 1 N–H and O–H groups in total. The highest BCUT2D eigenvalue weighted by Gasteiger charge is 2.40. The second-order valence-electron chi connectivity index (χ2n) is 6.06. The number of nitrogens with zero attached hydrogens (tertiary/aromatic N) is 1. The molecule has 0 aromatic heterocycles. The molecule has 1 aromatic rings. The van der Waals surface area contributed by atoms with Crippen LogP contribution in [0.4, 0.5) is 5.69 Å². The van der Waals surface area contributed by atoms with Gasteiger partial charge in [0, 0.05) is 11.1 Å². The summed E-state index contributed by atoms with van der Waals surface area (Å²) in [6.07, 6.45) is 6.55. The Morgan fingerprint density at radius 2 is 1.62 bits per heavy atom. The van der Waals surface area contributed by atoms with Crippen LogP contribution in [0.25, 0.3) is 0 Å². The van der Waals surface area contributed by atoms with Crippen LogP contribution in [-0.4, -0.2) is 17.9 Å². The molecular weight excluding hydrogens is 371 g/mol. The van der Waals surface area contributed by atoms with E-state index in [1.807, 2.05) is 0 Å². The predicted molar refractivity (Wildman–Crippen MR) is 96.5 cm³/mol. The van der Waals surface area contributed by atoms with E-state index >= 15 is 0 Å². The lowest BCUT2D eigenvalue weighted by Gasteiger charge is -2.20. The Labute approximate surface area is 155 Å². The zero-order chi connectivity index (χ0) is 17.3. The molecule has 3 rings (SSSR count). The fourth-order valence-corrected chi connectivity index (χ4v) is 3.85. The molecule has 2 aliphatic rings. The summed E-state index contributed by atoms with van der Waals surface area (Å²) in [5.41, 5.74) is 0.450. The number of amides is 2. The molecule has 0 unspecified atom stereocenters. The number of benzene rings is 1. The van der Waals surface area contributed by atoms with Gasteiger partial charge in [-0.3, -0.25) is 9.59 Å². The molecule has 0 radical (unpaired) electrons. The molecule has 0 bridgehead atoms. The van der Waals surface area contributed by atoms with Crippen LogP contribution in [0.5, 0.6) is 0 Å². The van der Waals surface area contributed by atoms with Crippen molar-refractivity contribution in [3.8, 4) is 0 Å². The number of rotatable bonds is 3. The van der Waals surface area contributed by atoms with E-state index in [9.17, 15) is 9.59 Å². The number of carbonyl (C=O) groups is 2. The molecule has 1 aliphatic carbocycles. The molecule has 0 saturated heterocycles. The Bertz CT molecular complexity index is 710. The van der Waals surface area contributed by atoms with Gasteiger partial charge < -0.3 is 5.32 Å². The minimum Gasteiger partial charge on any atom is -0.376 e. The molecule has 1 aromatic carbocycles. The first-order valence-corrected chi connectivity index (χ1v) is 9.12. The van der Waals surface area contributed by atoms with Gasteiger partial charge in [0.1, 0.15) is 10.7 Å². The summed E-state index contributed by atoms with van der Waals surface area (Å²) in [7, 11) is 0. The molecule has 2 amide bonds. The molecule has 1 saturated carbocycles. The second kappa shape index (κ2) is 7.34. The van der Waals surface area contributed by atoms with Gasteiger partial charge >= 0.3 is 0 Å². The van der Waals surface area contributed by atoms with E-state index in [0.29, 0.717) is 5.02 Å². The van der Waals surface area contributed by atoms with Crippen molar-refractivity contribution in [1.82, 2.24) is 5.32 Å². The zero-order valence-corrected chi connectivity index (χ0v) is 15.2. The van der Waals surface area contributed by atoms with Gasteiger partial charge in [0.05, 0.1) is 10.7 Å². The number of nitrogens with one attached hydrogen (secondary N) is 1. The van der Waals surface area contributed by atoms with Gasteiger partial charge in [0.2, 0.25) is 0 Å². The van der Waals surface area contributed by atoms with Crippen LogP contribution in [0, 0.1) is 0 Å². The van der Waals surface area contributed by atoms with Crippen LogP contribution in [0.15, 0.2) is 28.9 Å². The fourth-order valence-electron chi connectivity index (χ4n) is 3.14. The van der Waals surface area contributed by atoms with E-state index in [4.69, 9.17) is 34.8 Å². The van der Waals surface area contributed by atoms with Crippen molar-refractivity contribution in [3.63, 3.8) is 0 Å². The van der Waals surface area contributed by atoms with E-state index in [0.717, 1.165) is 30.6 Å². The van der Waals surface area contributed by atoms with Crippen LogP contribution in [0.1, 0.15) is 38.5 Å². The summed E-state index contributed by atoms with van der Waals surface area (Å²) >= 11 is 18.2. The molecular formula is C17H17Cl3N2O2. The minimum absolute atomic E-state index is 0.0877. The SMILES string of the molecule is O=C1C(Cl)=C(NC2CCCCCC2)C(=O)N1c1ccc(Cl)cc1Cl. The first kappa shape index (κ1) is 17.6. The molecule has 1 heterocycles. The fraction of sp³-hybridized carbons (Fsp3) is 0.412. The minimum atomic E-state index is -0.568. The molecule has 4 nitrogen and oxygen atoms in total. The molecule has 1 aliphatic heterocycles. The third kappa shape index (κ3) is 3.41. The first-order valence-electron chi connectivity index (χ1n) is 7.99. The Kier molecular flexibility index (Phi) is 5.38. The third-order valence-corrected chi connectivity index (χ3v) is 5.27. The van der Waals surface area contributed by atoms with Gasteiger partial charge in [0.15, 0.2) is 0 Å². The highest BCUT2D eigenvalue weighted by atomic mass is 35.5. The lowest BCUT2D eigenvalue weighted by molar-refractivity contribution is -0.120. The maximum atomic E-state index is 12.7. The number of carbonyl (C=O) groups excluding carboxylic acids is 2. The molecule has 7 heteroatoms. The quantitative estimate of drug-likeness (QED) is 0.607. The van der Waals surface area contributed by atoms with Crippen LogP contribution in [-0.2, 0) is 9.59 Å². The molecule has 0 atom stereocenters. The highest BCUT2D eigenvalue weighted by Crippen LogP contribution is 2.35. The van der Waals surface area contributed by atoms with Crippen molar-refractivity contribution in [1.29, 1.82) is 0 Å². The number of imide groups is 1. The van der Waals surface area contributed by atoms with E-state index in [2.05, 4.69) is 5.32 Å². The van der Waals surface area contributed by atoms with Crippen LogP contribution in [0.3, 0.4) is 0 Å². The average Bonchev–Trinajstić information content (AvgIpc) is 2.76. The zero-order valence-electron chi connectivity index (χ0n) is 12.9. The number of halogens is 3. The van der Waals surface area contributed by atoms with Crippen LogP contribution >= 0.6 is 34.8 Å². The highest BCUT2D eigenvalue weighted by molar-refractivity contribution is 6.53. The van der Waals surface area contributed by atoms with E-state index in [1.54, 1.807) is 12.1 Å². The Hall–Kier alpha value is -1.23. The van der Waals surface area contributed by atoms with E-state index in [1.165, 1.54) is 18.9 Å². The largest absolute Gasteiger partial charge is 0.376 e. The van der Waals surface area contributed by atoms with Gasteiger partial charge in [-0.2, -0.15) is 0 Å². The standard InChI is InChI=1S/C17H17Cl3N2O2/c18-10-7-8-13(12(19)9-10)22-16(23)14(20)15(17(22)24)21-11-5-3-1-2-4-6-11/h7-9,11,21H,1-6H2. The van der Waals surface area contributed by atoms with Gasteiger partial charge in [-0.05, 0) is 31.0 Å². The number of hydrogen-bond donors (Lipinski definition) is 1. The van der Waals surface area contributed by atoms with Crippen LogP contribution < -0.4 is 10.2 Å². The molecule has 128 valence electrons. The summed E-state index contributed by atoms with van der Waals surface area (Å²) < 4.78 is 0. The van der Waals surface area contributed by atoms with Gasteiger partial charge in [-0.15, -0.1) is 0 Å². The summed E-state index contributed by atoms with van der Waals surface area (Å²) in [5, 5.41) is 3.75. The smallest absolute Gasteiger partial charge is 0.283 e. The summed E-state index contributed by atoms with van der Waals surface area (Å²) in [4.78, 5) is 26.2. The third-order valence-electron chi connectivity index (χ3n) is 4.38. The Morgan fingerprint density at radius 1 is 0.958 bits per heavy atom. The summed E-state index contributed by atoms with van der Waals surface area (Å²) in [6, 6.07) is 4.77. The second-order valence-corrected chi connectivity index (χ2v) is 7.28. The topological polar surface area (TPSA) is 49.4 Å². The number of hydrogen-bond acceptors (Lipinski definition) is 3. The molecule has 0 spiro atoms. The Morgan fingerprint density at radius 3 is 2.25 bits per heavy atom. The van der Waals surface area contributed by atoms with Crippen molar-refractivity contribution >= 4 is 52.3 Å². The average molecular weight is 388 g/mol. The van der Waals surface area contributed by atoms with Crippen molar-refractivity contribution in [2.24, 2.45) is 0 Å². The molecule has 1 fully saturated rings. The lowest BCUT2D eigenvalue weighted by Crippen LogP contribution is -2.36. The summed E-state index contributed by atoms with van der Waals surface area (Å²) in [6.45, 7) is 0. The van der Waals surface area contributed by atoms with Crippen molar-refractivity contribution in [3.05, 3.63) is 39.0 Å². The monoisotopic (exact) mass is 386 g/mol. The van der Waals surface area contributed by atoms with E-state index in [-0.39, 0.29) is 27.5 Å². The van der Waals surface area contributed by atoms with Gasteiger partial charge in [0.25, 0.3) is 11.8 Å². The van der Waals surface area contributed by atoms with Crippen LogP contribution in [0.2, 0.25) is 10.0 Å². The number of anilines is 1. The lowest BCUT2D eigenvalue weighted by atomic mass is 10.1. The van der Waals surface area contributed by atoms with Crippen molar-refractivity contribution in [2.75, 3.05) is 4.90 Å². The Balaban J connectivity index is 1.84. The normalized spacial score (nSPS) is 19.9. The summed E-state index contributed by atoms with van der Waals surface area (Å²) in [5.74, 6) is -1.04. The van der Waals surface area contributed by atoms with Crippen molar-refractivity contribution < 1.29 is 9.59 Å². The van der Waals surface area contributed by atoms with Gasteiger partial charge in [-0.25, -0.2) is 4.90 Å². The molecule has 24 heavy (non-hydrogen) atoms. The predicted octanol–water partition coefficient (Wildman–Crippen LogP) is 4.63. The van der Waals surface area contributed by atoms with Crippen molar-refractivity contribution in [2.45, 2.75) is 44.6 Å². The van der Waals surface area contributed by atoms with Gasteiger partial charge in [-0.1, -0.05) is 60.5 Å². The maximum Gasteiger partial charge on any atom is 0.283 e.